The number of hydrogen-bond donors (Lipinski definition) is 0. The normalized spacial score (nSPS) is 11.6. The van der Waals surface area contributed by atoms with Crippen molar-refractivity contribution >= 4 is 54.2 Å². The Morgan fingerprint density at radius 1 is 1.18 bits per heavy atom. The summed E-state index contributed by atoms with van der Waals surface area (Å²) in [6.07, 6.45) is 3.80. The minimum Gasteiger partial charge on any atom is -0.497 e. The average Bonchev–Trinajstić information content (AvgIpc) is 3.49. The first kappa shape index (κ1) is 24.3. The monoisotopic (exact) mass is 516 g/mol. The van der Waals surface area contributed by atoms with Gasteiger partial charge in [0.2, 0.25) is 5.91 Å². The molecule has 2 aromatic heterocycles. The van der Waals surface area contributed by atoms with E-state index in [1.165, 1.54) is 23.7 Å². The molecule has 7 nitrogen and oxygen atoms in total. The van der Waals surface area contributed by atoms with E-state index in [1.807, 2.05) is 30.3 Å². The largest absolute Gasteiger partial charge is 0.497 e. The van der Waals surface area contributed by atoms with Crippen molar-refractivity contribution in [2.45, 2.75) is 29.2 Å². The number of amides is 1. The van der Waals surface area contributed by atoms with Crippen molar-refractivity contribution in [3.8, 4) is 5.75 Å². The van der Waals surface area contributed by atoms with E-state index < -0.39 is 9.84 Å². The van der Waals surface area contributed by atoms with Gasteiger partial charge in [0.1, 0.15) is 11.5 Å². The number of carbonyl (C=O) groups excluding carboxylic acids is 1. The molecule has 0 aliphatic heterocycles. The number of sulfone groups is 1. The number of nitrogens with zero attached hydrogens (tertiary/aromatic N) is 2. The van der Waals surface area contributed by atoms with E-state index >= 15 is 0 Å². The van der Waals surface area contributed by atoms with Crippen molar-refractivity contribution in [3.63, 3.8) is 0 Å². The Morgan fingerprint density at radius 2 is 1.97 bits per heavy atom. The number of thioether (sulfide) groups is 1. The maximum absolute atomic E-state index is 13.2. The fraction of sp³-hybridized carbons (Fsp3) is 0.250. The van der Waals surface area contributed by atoms with Gasteiger partial charge in [-0.2, -0.15) is 0 Å². The van der Waals surface area contributed by atoms with Gasteiger partial charge in [0, 0.05) is 17.6 Å². The molecular formula is C24H24N2O5S3. The average molecular weight is 517 g/mol. The van der Waals surface area contributed by atoms with Crippen LogP contribution in [0, 0.1) is 0 Å². The second-order valence-corrected chi connectivity index (χ2v) is 11.8. The molecule has 0 fully saturated rings. The SMILES string of the molecule is COc1ccc(SCCCC(=O)N(Cc2ccco2)c2nc3ccc(S(C)(=O)=O)cc3s2)cc1. The zero-order valence-corrected chi connectivity index (χ0v) is 21.2. The molecule has 0 atom stereocenters. The summed E-state index contributed by atoms with van der Waals surface area (Å²) < 4.78 is 35.2. The number of fused-ring (bicyclic) bond motifs is 1. The van der Waals surface area contributed by atoms with Gasteiger partial charge in [0.05, 0.1) is 35.0 Å². The molecule has 0 saturated heterocycles. The molecule has 34 heavy (non-hydrogen) atoms. The molecular weight excluding hydrogens is 492 g/mol. The summed E-state index contributed by atoms with van der Waals surface area (Å²) in [5.41, 5.74) is 0.653. The van der Waals surface area contributed by atoms with Crippen LogP contribution in [0.5, 0.6) is 5.75 Å². The van der Waals surface area contributed by atoms with E-state index in [9.17, 15) is 13.2 Å². The Kier molecular flexibility index (Phi) is 7.60. The summed E-state index contributed by atoms with van der Waals surface area (Å²) in [6, 6.07) is 16.2. The Balaban J connectivity index is 1.47. The number of furan rings is 1. The van der Waals surface area contributed by atoms with Gasteiger partial charge in [0.15, 0.2) is 15.0 Å². The minimum atomic E-state index is -3.33. The van der Waals surface area contributed by atoms with Gasteiger partial charge in [0.25, 0.3) is 0 Å². The molecule has 178 valence electrons. The molecule has 4 aromatic rings. The maximum atomic E-state index is 13.2. The number of benzene rings is 2. The highest BCUT2D eigenvalue weighted by Crippen LogP contribution is 2.32. The molecule has 0 saturated carbocycles. The van der Waals surface area contributed by atoms with Crippen LogP contribution in [-0.2, 0) is 21.2 Å². The highest BCUT2D eigenvalue weighted by atomic mass is 32.2. The van der Waals surface area contributed by atoms with Crippen molar-refractivity contribution in [3.05, 3.63) is 66.6 Å². The van der Waals surface area contributed by atoms with Crippen LogP contribution in [0.3, 0.4) is 0 Å². The summed E-state index contributed by atoms with van der Waals surface area (Å²) in [5.74, 6) is 2.20. The van der Waals surface area contributed by atoms with Gasteiger partial charge in [-0.25, -0.2) is 13.4 Å². The van der Waals surface area contributed by atoms with Crippen molar-refractivity contribution in [1.29, 1.82) is 0 Å². The van der Waals surface area contributed by atoms with Crippen molar-refractivity contribution in [1.82, 2.24) is 4.98 Å². The van der Waals surface area contributed by atoms with E-state index in [4.69, 9.17) is 9.15 Å². The van der Waals surface area contributed by atoms with E-state index in [-0.39, 0.29) is 17.3 Å². The Morgan fingerprint density at radius 3 is 2.65 bits per heavy atom. The quantitative estimate of drug-likeness (QED) is 0.206. The molecule has 0 aliphatic rings. The van der Waals surface area contributed by atoms with Crippen LogP contribution in [0.4, 0.5) is 5.13 Å². The molecule has 1 amide bonds. The molecule has 0 unspecified atom stereocenters. The topological polar surface area (TPSA) is 89.7 Å². The minimum absolute atomic E-state index is 0.0610. The molecule has 0 radical (unpaired) electrons. The second-order valence-electron chi connectivity index (χ2n) is 7.58. The summed E-state index contributed by atoms with van der Waals surface area (Å²) in [6.45, 7) is 0.260. The number of rotatable bonds is 10. The van der Waals surface area contributed by atoms with Crippen LogP contribution >= 0.6 is 23.1 Å². The number of aromatic nitrogens is 1. The fourth-order valence-corrected chi connectivity index (χ4v) is 5.88. The second kappa shape index (κ2) is 10.6. The molecule has 2 aromatic carbocycles. The van der Waals surface area contributed by atoms with E-state index in [0.717, 1.165) is 16.4 Å². The van der Waals surface area contributed by atoms with E-state index in [2.05, 4.69) is 4.98 Å². The molecule has 2 heterocycles. The van der Waals surface area contributed by atoms with Crippen molar-refractivity contribution < 1.29 is 22.4 Å². The van der Waals surface area contributed by atoms with Gasteiger partial charge >= 0.3 is 0 Å². The van der Waals surface area contributed by atoms with Crippen LogP contribution < -0.4 is 9.64 Å². The number of carbonyl (C=O) groups is 1. The number of anilines is 1. The van der Waals surface area contributed by atoms with Crippen LogP contribution in [0.15, 0.2) is 75.1 Å². The Bertz CT molecular complexity index is 1360. The predicted molar refractivity (Wildman–Crippen MR) is 136 cm³/mol. The van der Waals surface area contributed by atoms with Crippen LogP contribution in [0.25, 0.3) is 10.2 Å². The highest BCUT2D eigenvalue weighted by Gasteiger charge is 2.21. The predicted octanol–water partition coefficient (Wildman–Crippen LogP) is 5.41. The fourth-order valence-electron chi connectivity index (χ4n) is 3.28. The summed E-state index contributed by atoms with van der Waals surface area (Å²) in [7, 11) is -1.69. The van der Waals surface area contributed by atoms with E-state index in [1.54, 1.807) is 48.2 Å². The number of ether oxygens (including phenoxy) is 1. The first-order valence-electron chi connectivity index (χ1n) is 10.5. The van der Waals surface area contributed by atoms with E-state index in [0.29, 0.717) is 34.0 Å². The van der Waals surface area contributed by atoms with Crippen LogP contribution in [-0.4, -0.2) is 38.4 Å². The van der Waals surface area contributed by atoms with Crippen LogP contribution in [0.2, 0.25) is 0 Å². The maximum Gasteiger partial charge on any atom is 0.229 e. The third kappa shape index (κ3) is 5.99. The lowest BCUT2D eigenvalue weighted by Crippen LogP contribution is -2.30. The third-order valence-electron chi connectivity index (χ3n) is 5.07. The standard InChI is InChI=1S/C24H24N2O5S3/c1-30-17-7-9-19(10-8-17)32-14-4-6-23(27)26(16-18-5-3-13-31-18)24-25-21-12-11-20(34(2,28)29)15-22(21)33-24/h3,5,7-13,15H,4,6,14,16H2,1-2H3. The zero-order valence-electron chi connectivity index (χ0n) is 18.8. The Hall–Kier alpha value is -2.82. The molecule has 10 heteroatoms. The molecule has 0 bridgehead atoms. The molecule has 0 spiro atoms. The molecule has 0 aliphatic carbocycles. The lowest BCUT2D eigenvalue weighted by atomic mass is 10.3. The van der Waals surface area contributed by atoms with Gasteiger partial charge in [-0.3, -0.25) is 9.69 Å². The summed E-state index contributed by atoms with van der Waals surface area (Å²) in [5, 5.41) is 0.518. The molecule has 0 N–H and O–H groups in total. The molecule has 4 rings (SSSR count). The van der Waals surface area contributed by atoms with Crippen molar-refractivity contribution in [2.24, 2.45) is 0 Å². The smallest absolute Gasteiger partial charge is 0.229 e. The zero-order chi connectivity index (χ0) is 24.1. The number of methoxy groups -OCH3 is 1. The first-order chi connectivity index (χ1) is 16.3. The lowest BCUT2D eigenvalue weighted by Gasteiger charge is -2.18. The van der Waals surface area contributed by atoms with Gasteiger partial charge in [-0.15, -0.1) is 11.8 Å². The number of thiazole rings is 1. The van der Waals surface area contributed by atoms with Crippen molar-refractivity contribution in [2.75, 3.05) is 24.0 Å². The number of hydrogen-bond acceptors (Lipinski definition) is 8. The van der Waals surface area contributed by atoms with Gasteiger partial charge < -0.3 is 9.15 Å². The highest BCUT2D eigenvalue weighted by molar-refractivity contribution is 7.99. The van der Waals surface area contributed by atoms with Crippen LogP contribution in [0.1, 0.15) is 18.6 Å². The summed E-state index contributed by atoms with van der Waals surface area (Å²) >= 11 is 2.98. The lowest BCUT2D eigenvalue weighted by molar-refractivity contribution is -0.118. The Labute approximate surface area is 206 Å². The van der Waals surface area contributed by atoms with Gasteiger partial charge in [-0.05, 0) is 66.8 Å². The summed E-state index contributed by atoms with van der Waals surface area (Å²) in [4.78, 5) is 20.8. The third-order valence-corrected chi connectivity index (χ3v) is 8.32. The van der Waals surface area contributed by atoms with Gasteiger partial charge in [-0.1, -0.05) is 11.3 Å². The first-order valence-corrected chi connectivity index (χ1v) is 14.2.